The van der Waals surface area contributed by atoms with Crippen LogP contribution in [0.1, 0.15) is 39.5 Å². The molecule has 0 aromatic heterocycles. The van der Waals surface area contributed by atoms with Gasteiger partial charge in [-0.25, -0.2) is 4.39 Å². The molecule has 0 saturated heterocycles. The monoisotopic (exact) mass is 280 g/mol. The standard InChI is InChI=1S/C15H21FN2O2/c1-10(2)12-5-3-4-6-14(12)17-15-9-11(18(19)20)7-8-13(15)16/h7-10,12,14,17H,3-6H2,1-2H3. The molecular weight excluding hydrogens is 259 g/mol. The lowest BCUT2D eigenvalue weighted by Gasteiger charge is -2.35. The normalized spacial score (nSPS) is 22.8. The van der Waals surface area contributed by atoms with E-state index in [2.05, 4.69) is 19.2 Å². The third kappa shape index (κ3) is 3.26. The second-order valence-electron chi connectivity index (χ2n) is 5.86. The Bertz CT molecular complexity index is 491. The van der Waals surface area contributed by atoms with Gasteiger partial charge in [0.1, 0.15) is 5.82 Å². The third-order valence-corrected chi connectivity index (χ3v) is 4.18. The SMILES string of the molecule is CC(C)C1CCCCC1Nc1cc([N+](=O)[O-])ccc1F. The van der Waals surface area contributed by atoms with Crippen LogP contribution in [0.15, 0.2) is 18.2 Å². The number of hydrogen-bond donors (Lipinski definition) is 1. The molecule has 4 nitrogen and oxygen atoms in total. The smallest absolute Gasteiger partial charge is 0.271 e. The summed E-state index contributed by atoms with van der Waals surface area (Å²) in [6.45, 7) is 4.35. The molecule has 1 saturated carbocycles. The molecular formula is C15H21FN2O2. The van der Waals surface area contributed by atoms with Crippen LogP contribution in [0.25, 0.3) is 0 Å². The maximum Gasteiger partial charge on any atom is 0.271 e. The van der Waals surface area contributed by atoms with E-state index in [1.165, 1.54) is 18.6 Å². The summed E-state index contributed by atoms with van der Waals surface area (Å²) in [5.41, 5.74) is 0.169. The molecule has 0 amide bonds. The molecule has 0 bridgehead atoms. The molecule has 0 heterocycles. The van der Waals surface area contributed by atoms with Gasteiger partial charge in [0.15, 0.2) is 0 Å². The van der Waals surface area contributed by atoms with Gasteiger partial charge < -0.3 is 5.32 Å². The van der Waals surface area contributed by atoms with Gasteiger partial charge in [-0.05, 0) is 30.7 Å². The van der Waals surface area contributed by atoms with E-state index in [-0.39, 0.29) is 17.4 Å². The average Bonchev–Trinajstić information content (AvgIpc) is 2.41. The molecule has 0 spiro atoms. The van der Waals surface area contributed by atoms with E-state index in [4.69, 9.17) is 0 Å². The Kier molecular flexibility index (Phi) is 4.57. The number of benzene rings is 1. The predicted molar refractivity (Wildman–Crippen MR) is 77.3 cm³/mol. The van der Waals surface area contributed by atoms with Crippen LogP contribution in [0.4, 0.5) is 15.8 Å². The minimum absolute atomic E-state index is 0.0780. The summed E-state index contributed by atoms with van der Waals surface area (Å²) < 4.78 is 13.8. The fourth-order valence-electron chi connectivity index (χ4n) is 3.07. The Hall–Kier alpha value is -1.65. The minimum atomic E-state index is -0.495. The van der Waals surface area contributed by atoms with E-state index in [1.54, 1.807) is 0 Å². The van der Waals surface area contributed by atoms with Gasteiger partial charge in [-0.3, -0.25) is 10.1 Å². The Morgan fingerprint density at radius 2 is 2.05 bits per heavy atom. The van der Waals surface area contributed by atoms with Crippen LogP contribution in [-0.2, 0) is 0 Å². The van der Waals surface area contributed by atoms with Crippen molar-refractivity contribution in [2.24, 2.45) is 11.8 Å². The van der Waals surface area contributed by atoms with Crippen molar-refractivity contribution in [3.63, 3.8) is 0 Å². The Morgan fingerprint density at radius 3 is 2.70 bits per heavy atom. The molecule has 0 aliphatic heterocycles. The van der Waals surface area contributed by atoms with Gasteiger partial charge in [0.2, 0.25) is 0 Å². The quantitative estimate of drug-likeness (QED) is 0.658. The highest BCUT2D eigenvalue weighted by atomic mass is 19.1. The second kappa shape index (κ2) is 6.20. The van der Waals surface area contributed by atoms with Gasteiger partial charge in [0.25, 0.3) is 5.69 Å². The molecule has 5 heteroatoms. The fraction of sp³-hybridized carbons (Fsp3) is 0.600. The first-order chi connectivity index (χ1) is 9.49. The molecule has 1 aromatic rings. The molecule has 1 N–H and O–H groups in total. The van der Waals surface area contributed by atoms with Crippen LogP contribution in [-0.4, -0.2) is 11.0 Å². The predicted octanol–water partition coefficient (Wildman–Crippen LogP) is 4.36. The second-order valence-corrected chi connectivity index (χ2v) is 5.86. The lowest BCUT2D eigenvalue weighted by atomic mass is 9.78. The molecule has 110 valence electrons. The molecule has 2 rings (SSSR count). The molecule has 2 unspecified atom stereocenters. The van der Waals surface area contributed by atoms with E-state index in [1.807, 2.05) is 0 Å². The van der Waals surface area contributed by atoms with Gasteiger partial charge >= 0.3 is 0 Å². The summed E-state index contributed by atoms with van der Waals surface area (Å²) in [7, 11) is 0. The van der Waals surface area contributed by atoms with Gasteiger partial charge in [-0.15, -0.1) is 0 Å². The van der Waals surface area contributed by atoms with E-state index in [0.717, 1.165) is 25.3 Å². The number of nitro benzene ring substituents is 1. The number of rotatable bonds is 4. The van der Waals surface area contributed by atoms with Crippen molar-refractivity contribution in [3.05, 3.63) is 34.1 Å². The van der Waals surface area contributed by atoms with E-state index in [9.17, 15) is 14.5 Å². The number of hydrogen-bond acceptors (Lipinski definition) is 3. The van der Waals surface area contributed by atoms with Crippen LogP contribution < -0.4 is 5.32 Å². The number of nitrogens with zero attached hydrogens (tertiary/aromatic N) is 1. The molecule has 1 aliphatic carbocycles. The van der Waals surface area contributed by atoms with Crippen molar-refractivity contribution in [1.29, 1.82) is 0 Å². The van der Waals surface area contributed by atoms with E-state index >= 15 is 0 Å². The molecule has 1 aromatic carbocycles. The van der Waals surface area contributed by atoms with Crippen molar-refractivity contribution >= 4 is 11.4 Å². The first-order valence-electron chi connectivity index (χ1n) is 7.19. The minimum Gasteiger partial charge on any atom is -0.379 e. The third-order valence-electron chi connectivity index (χ3n) is 4.18. The van der Waals surface area contributed by atoms with E-state index < -0.39 is 10.7 Å². The average molecular weight is 280 g/mol. The zero-order valence-electron chi connectivity index (χ0n) is 11.9. The van der Waals surface area contributed by atoms with Crippen molar-refractivity contribution in [3.8, 4) is 0 Å². The highest BCUT2D eigenvalue weighted by Gasteiger charge is 2.28. The largest absolute Gasteiger partial charge is 0.379 e. The zero-order chi connectivity index (χ0) is 14.7. The number of anilines is 1. The van der Waals surface area contributed by atoms with Crippen molar-refractivity contribution < 1.29 is 9.31 Å². The molecule has 2 atom stereocenters. The van der Waals surface area contributed by atoms with Crippen molar-refractivity contribution in [1.82, 2.24) is 0 Å². The van der Waals surface area contributed by atoms with Crippen molar-refractivity contribution in [2.75, 3.05) is 5.32 Å². The molecule has 1 aliphatic rings. The van der Waals surface area contributed by atoms with Gasteiger partial charge in [-0.2, -0.15) is 0 Å². The maximum atomic E-state index is 13.8. The number of nitrogens with one attached hydrogen (secondary N) is 1. The van der Waals surface area contributed by atoms with Crippen LogP contribution in [0.3, 0.4) is 0 Å². The van der Waals surface area contributed by atoms with Crippen LogP contribution in [0.5, 0.6) is 0 Å². The van der Waals surface area contributed by atoms with Gasteiger partial charge in [0, 0.05) is 18.2 Å². The van der Waals surface area contributed by atoms with Gasteiger partial charge in [-0.1, -0.05) is 26.7 Å². The summed E-state index contributed by atoms with van der Waals surface area (Å²) >= 11 is 0. The first-order valence-corrected chi connectivity index (χ1v) is 7.19. The van der Waals surface area contributed by atoms with Crippen LogP contribution in [0, 0.1) is 27.8 Å². The Labute approximate surface area is 118 Å². The lowest BCUT2D eigenvalue weighted by Crippen LogP contribution is -2.35. The summed E-state index contributed by atoms with van der Waals surface area (Å²) in [6.07, 6.45) is 4.45. The number of halogens is 1. The van der Waals surface area contributed by atoms with Crippen molar-refractivity contribution in [2.45, 2.75) is 45.6 Å². The highest BCUT2D eigenvalue weighted by Crippen LogP contribution is 2.33. The summed E-state index contributed by atoms with van der Waals surface area (Å²) in [4.78, 5) is 10.3. The van der Waals surface area contributed by atoms with Gasteiger partial charge in [0.05, 0.1) is 10.6 Å². The number of non-ortho nitro benzene ring substituents is 1. The lowest BCUT2D eigenvalue weighted by molar-refractivity contribution is -0.384. The topological polar surface area (TPSA) is 55.2 Å². The summed E-state index contributed by atoms with van der Waals surface area (Å²) in [5, 5.41) is 14.0. The zero-order valence-corrected chi connectivity index (χ0v) is 11.9. The van der Waals surface area contributed by atoms with E-state index in [0.29, 0.717) is 11.8 Å². The Morgan fingerprint density at radius 1 is 1.35 bits per heavy atom. The summed E-state index contributed by atoms with van der Waals surface area (Å²) in [5.74, 6) is 0.584. The molecule has 20 heavy (non-hydrogen) atoms. The Balaban J connectivity index is 2.19. The number of nitro groups is 1. The first kappa shape index (κ1) is 14.8. The highest BCUT2D eigenvalue weighted by molar-refractivity contribution is 5.53. The maximum absolute atomic E-state index is 13.8. The van der Waals surface area contributed by atoms with Crippen LogP contribution >= 0.6 is 0 Å². The molecule has 0 radical (unpaired) electrons. The summed E-state index contributed by atoms with van der Waals surface area (Å²) in [6, 6.07) is 3.84. The van der Waals surface area contributed by atoms with Crippen LogP contribution in [0.2, 0.25) is 0 Å². The molecule has 1 fully saturated rings. The fourth-order valence-corrected chi connectivity index (χ4v) is 3.07.